The van der Waals surface area contributed by atoms with Crippen LogP contribution in [0.1, 0.15) is 33.6 Å². The fraction of sp³-hybridized carbons (Fsp3) is 1.00. The summed E-state index contributed by atoms with van der Waals surface area (Å²) in [6.45, 7) is 6.96. The lowest BCUT2D eigenvalue weighted by Crippen LogP contribution is -2.29. The molecule has 0 radical (unpaired) electrons. The van der Waals surface area contributed by atoms with Crippen LogP contribution in [0.4, 0.5) is 0 Å². The number of halogens is 2. The lowest BCUT2D eigenvalue weighted by atomic mass is 9.89. The van der Waals surface area contributed by atoms with E-state index in [-0.39, 0.29) is 10.4 Å². The smallest absolute Gasteiger partial charge is 0.146 e. The quantitative estimate of drug-likeness (QED) is 0.489. The molecule has 0 N–H and O–H groups in total. The standard InChI is InChI=1S/C11H22Br2O2/c1-9(11(3,13)5-6-12)7-10(2)15-8-14-4/h9-10H,5-8H2,1-4H3/t9-,10-,11-/m1/s1. The molecule has 0 spiro atoms. The topological polar surface area (TPSA) is 18.5 Å². The van der Waals surface area contributed by atoms with Gasteiger partial charge in [0.25, 0.3) is 0 Å². The molecule has 0 heterocycles. The normalized spacial score (nSPS) is 19.6. The first kappa shape index (κ1) is 15.9. The highest BCUT2D eigenvalue weighted by molar-refractivity contribution is 9.10. The van der Waals surface area contributed by atoms with Crippen molar-refractivity contribution in [1.82, 2.24) is 0 Å². The lowest BCUT2D eigenvalue weighted by molar-refractivity contribution is -0.0720. The van der Waals surface area contributed by atoms with Crippen molar-refractivity contribution in [2.45, 2.75) is 44.0 Å². The minimum absolute atomic E-state index is 0.182. The average Bonchev–Trinajstić information content (AvgIpc) is 2.14. The minimum Gasteiger partial charge on any atom is -0.359 e. The maximum atomic E-state index is 5.48. The van der Waals surface area contributed by atoms with Gasteiger partial charge in [0.05, 0.1) is 6.10 Å². The SMILES string of the molecule is COCO[C@H](C)C[C@@H](C)[C@](C)(Br)CCBr. The molecule has 15 heavy (non-hydrogen) atoms. The molecule has 92 valence electrons. The van der Waals surface area contributed by atoms with Gasteiger partial charge in [-0.15, -0.1) is 0 Å². The monoisotopic (exact) mass is 344 g/mol. The first-order valence-electron chi connectivity index (χ1n) is 5.29. The molecule has 0 aromatic heterocycles. The molecule has 0 fully saturated rings. The van der Waals surface area contributed by atoms with Gasteiger partial charge in [-0.25, -0.2) is 0 Å². The van der Waals surface area contributed by atoms with Crippen molar-refractivity contribution in [1.29, 1.82) is 0 Å². The van der Waals surface area contributed by atoms with Crippen molar-refractivity contribution in [3.8, 4) is 0 Å². The van der Waals surface area contributed by atoms with E-state index in [4.69, 9.17) is 9.47 Å². The zero-order valence-electron chi connectivity index (χ0n) is 10.1. The highest BCUT2D eigenvalue weighted by atomic mass is 79.9. The summed E-state index contributed by atoms with van der Waals surface area (Å²) >= 11 is 7.27. The van der Waals surface area contributed by atoms with Crippen LogP contribution in [-0.2, 0) is 9.47 Å². The van der Waals surface area contributed by atoms with Crippen LogP contribution in [0.3, 0.4) is 0 Å². The van der Waals surface area contributed by atoms with Crippen LogP contribution in [0.2, 0.25) is 0 Å². The molecule has 3 atom stereocenters. The summed E-state index contributed by atoms with van der Waals surface area (Å²) in [5.41, 5.74) is 0. The van der Waals surface area contributed by atoms with Gasteiger partial charge in [-0.3, -0.25) is 0 Å². The van der Waals surface area contributed by atoms with Gasteiger partial charge in [-0.1, -0.05) is 38.8 Å². The summed E-state index contributed by atoms with van der Waals surface area (Å²) in [5, 5.41) is 1.02. The second kappa shape index (κ2) is 8.04. The van der Waals surface area contributed by atoms with Crippen LogP contribution in [-0.4, -0.2) is 29.7 Å². The van der Waals surface area contributed by atoms with E-state index in [1.807, 2.05) is 0 Å². The molecule has 0 saturated carbocycles. The Balaban J connectivity index is 3.93. The summed E-state index contributed by atoms with van der Waals surface area (Å²) in [7, 11) is 1.65. The number of rotatable bonds is 8. The predicted molar refractivity (Wildman–Crippen MR) is 71.9 cm³/mol. The molecule has 4 heteroatoms. The molecule has 0 bridgehead atoms. The fourth-order valence-corrected chi connectivity index (χ4v) is 3.17. The summed E-state index contributed by atoms with van der Waals surface area (Å²) in [6.07, 6.45) is 2.40. The summed E-state index contributed by atoms with van der Waals surface area (Å²) in [6, 6.07) is 0. The first-order chi connectivity index (χ1) is 6.94. The van der Waals surface area contributed by atoms with Crippen LogP contribution < -0.4 is 0 Å². The van der Waals surface area contributed by atoms with Crippen molar-refractivity contribution in [2.75, 3.05) is 19.2 Å². The van der Waals surface area contributed by atoms with Crippen LogP contribution >= 0.6 is 31.9 Å². The minimum atomic E-state index is 0.182. The van der Waals surface area contributed by atoms with Gasteiger partial charge in [0.2, 0.25) is 0 Å². The van der Waals surface area contributed by atoms with Gasteiger partial charge >= 0.3 is 0 Å². The van der Waals surface area contributed by atoms with E-state index in [2.05, 4.69) is 52.6 Å². The van der Waals surface area contributed by atoms with Crippen molar-refractivity contribution >= 4 is 31.9 Å². The molecule has 0 aromatic carbocycles. The second-order valence-corrected chi connectivity index (χ2v) is 6.84. The van der Waals surface area contributed by atoms with E-state index in [0.29, 0.717) is 12.7 Å². The second-order valence-electron chi connectivity index (χ2n) is 4.24. The molecule has 0 aliphatic carbocycles. The summed E-state index contributed by atoms with van der Waals surface area (Å²) in [5.74, 6) is 0.571. The Morgan fingerprint density at radius 2 is 1.93 bits per heavy atom. The number of hydrogen-bond acceptors (Lipinski definition) is 2. The van der Waals surface area contributed by atoms with Gasteiger partial charge in [-0.05, 0) is 32.6 Å². The zero-order valence-corrected chi connectivity index (χ0v) is 13.2. The highest BCUT2D eigenvalue weighted by Gasteiger charge is 2.28. The van der Waals surface area contributed by atoms with E-state index in [1.165, 1.54) is 0 Å². The Kier molecular flexibility index (Phi) is 8.51. The van der Waals surface area contributed by atoms with E-state index in [1.54, 1.807) is 7.11 Å². The van der Waals surface area contributed by atoms with Gasteiger partial charge in [0, 0.05) is 16.8 Å². The zero-order chi connectivity index (χ0) is 11.9. The number of alkyl halides is 2. The molecule has 0 saturated heterocycles. The van der Waals surface area contributed by atoms with Gasteiger partial charge in [0.15, 0.2) is 0 Å². The van der Waals surface area contributed by atoms with Gasteiger partial charge in [0.1, 0.15) is 6.79 Å². The van der Waals surface area contributed by atoms with Crippen molar-refractivity contribution in [3.05, 3.63) is 0 Å². The third-order valence-electron chi connectivity index (χ3n) is 2.77. The lowest BCUT2D eigenvalue weighted by Gasteiger charge is -2.31. The molecule has 0 aromatic rings. The summed E-state index contributed by atoms with van der Waals surface area (Å²) in [4.78, 5) is 0. The van der Waals surface area contributed by atoms with Crippen molar-refractivity contribution in [2.24, 2.45) is 5.92 Å². The number of methoxy groups -OCH3 is 1. The molecular weight excluding hydrogens is 324 g/mol. The Labute approximate surface area is 110 Å². The number of hydrogen-bond donors (Lipinski definition) is 0. The molecule has 2 nitrogen and oxygen atoms in total. The van der Waals surface area contributed by atoms with Crippen LogP contribution in [0, 0.1) is 5.92 Å². The highest BCUT2D eigenvalue weighted by Crippen LogP contribution is 2.34. The largest absolute Gasteiger partial charge is 0.359 e. The van der Waals surface area contributed by atoms with Crippen LogP contribution in [0.15, 0.2) is 0 Å². The molecular formula is C11H22Br2O2. The predicted octanol–water partition coefficient (Wildman–Crippen LogP) is 3.96. The molecule has 0 amide bonds. The third kappa shape index (κ3) is 6.93. The average molecular weight is 346 g/mol. The van der Waals surface area contributed by atoms with Crippen molar-refractivity contribution < 1.29 is 9.47 Å². The Morgan fingerprint density at radius 3 is 2.40 bits per heavy atom. The molecule has 0 aliphatic heterocycles. The third-order valence-corrected chi connectivity index (χ3v) is 4.34. The Hall–Kier alpha value is 0.880. The maximum absolute atomic E-state index is 5.48. The van der Waals surface area contributed by atoms with E-state index in [9.17, 15) is 0 Å². The molecule has 0 aliphatic rings. The van der Waals surface area contributed by atoms with Gasteiger partial charge < -0.3 is 9.47 Å². The van der Waals surface area contributed by atoms with E-state index in [0.717, 1.165) is 18.2 Å². The maximum Gasteiger partial charge on any atom is 0.146 e. The van der Waals surface area contributed by atoms with Crippen LogP contribution in [0.5, 0.6) is 0 Å². The van der Waals surface area contributed by atoms with Crippen LogP contribution in [0.25, 0.3) is 0 Å². The fourth-order valence-electron chi connectivity index (χ4n) is 1.43. The molecule has 0 rings (SSSR count). The Morgan fingerprint density at radius 1 is 1.33 bits per heavy atom. The van der Waals surface area contributed by atoms with E-state index < -0.39 is 0 Å². The van der Waals surface area contributed by atoms with Gasteiger partial charge in [-0.2, -0.15) is 0 Å². The van der Waals surface area contributed by atoms with Crippen molar-refractivity contribution in [3.63, 3.8) is 0 Å². The molecule has 0 unspecified atom stereocenters. The first-order valence-corrected chi connectivity index (χ1v) is 7.21. The number of ether oxygens (including phenoxy) is 2. The van der Waals surface area contributed by atoms with E-state index >= 15 is 0 Å². The Bertz CT molecular complexity index is 163. The summed E-state index contributed by atoms with van der Waals surface area (Å²) < 4.78 is 10.5.